The Morgan fingerprint density at radius 1 is 1.18 bits per heavy atom. The Balaban J connectivity index is 2.38. The van der Waals surface area contributed by atoms with Gasteiger partial charge in [0.25, 0.3) is 0 Å². The van der Waals surface area contributed by atoms with Crippen molar-refractivity contribution in [3.05, 3.63) is 35.4 Å². The van der Waals surface area contributed by atoms with E-state index in [2.05, 4.69) is 49.8 Å². The second kappa shape index (κ2) is 9.19. The zero-order valence-electron chi connectivity index (χ0n) is 14.3. The molecule has 0 aliphatic carbocycles. The van der Waals surface area contributed by atoms with E-state index < -0.39 is 0 Å². The van der Waals surface area contributed by atoms with Gasteiger partial charge in [-0.3, -0.25) is 4.79 Å². The maximum Gasteiger partial charge on any atom is 0.305 e. The van der Waals surface area contributed by atoms with Crippen molar-refractivity contribution < 1.29 is 9.53 Å². The van der Waals surface area contributed by atoms with Crippen molar-refractivity contribution in [1.82, 2.24) is 0 Å². The van der Waals surface area contributed by atoms with Gasteiger partial charge in [0.05, 0.1) is 12.5 Å². The van der Waals surface area contributed by atoms with Crippen LogP contribution in [-0.2, 0) is 16.0 Å². The number of ether oxygens (including phenoxy) is 1. The standard InChI is InChI=1S/C19H29ClO2/c1-19(2,3)14-6-8-17(20)16-12-10-15(11-13-16)7-5-9-18(21)22-4/h10-13,17H,5-9,14H2,1-4H3. The molecule has 0 heterocycles. The highest BCUT2D eigenvalue weighted by Gasteiger charge is 2.13. The van der Waals surface area contributed by atoms with Crippen molar-refractivity contribution in [1.29, 1.82) is 0 Å². The predicted octanol–water partition coefficient (Wildman–Crippen LogP) is 5.68. The summed E-state index contributed by atoms with van der Waals surface area (Å²) < 4.78 is 4.64. The SMILES string of the molecule is COC(=O)CCCc1ccc(C(Cl)CCCC(C)(C)C)cc1. The molecule has 0 N–H and O–H groups in total. The molecule has 0 aliphatic heterocycles. The van der Waals surface area contributed by atoms with Crippen molar-refractivity contribution in [3.63, 3.8) is 0 Å². The topological polar surface area (TPSA) is 26.3 Å². The molecule has 0 aromatic heterocycles. The smallest absolute Gasteiger partial charge is 0.305 e. The Morgan fingerprint density at radius 2 is 1.82 bits per heavy atom. The lowest BCUT2D eigenvalue weighted by Gasteiger charge is -2.19. The van der Waals surface area contributed by atoms with Gasteiger partial charge in [-0.05, 0) is 42.2 Å². The van der Waals surface area contributed by atoms with E-state index in [1.54, 1.807) is 0 Å². The van der Waals surface area contributed by atoms with Crippen LogP contribution >= 0.6 is 11.6 Å². The van der Waals surface area contributed by atoms with Gasteiger partial charge in [0.2, 0.25) is 0 Å². The van der Waals surface area contributed by atoms with Gasteiger partial charge in [0.15, 0.2) is 0 Å². The molecule has 2 nitrogen and oxygen atoms in total. The number of esters is 1. The second-order valence-corrected chi connectivity index (χ2v) is 7.62. The first kappa shape index (κ1) is 19.0. The van der Waals surface area contributed by atoms with Crippen LogP contribution in [0.4, 0.5) is 0 Å². The summed E-state index contributed by atoms with van der Waals surface area (Å²) in [5, 5.41) is 0.0893. The Hall–Kier alpha value is -1.02. The van der Waals surface area contributed by atoms with Crippen molar-refractivity contribution in [2.75, 3.05) is 7.11 Å². The van der Waals surface area contributed by atoms with E-state index in [0.717, 1.165) is 25.7 Å². The number of hydrogen-bond acceptors (Lipinski definition) is 2. The summed E-state index contributed by atoms with van der Waals surface area (Å²) in [6, 6.07) is 8.46. The monoisotopic (exact) mass is 324 g/mol. The summed E-state index contributed by atoms with van der Waals surface area (Å²) in [5.41, 5.74) is 2.80. The normalized spacial score (nSPS) is 13.0. The van der Waals surface area contributed by atoms with Crippen LogP contribution in [0, 0.1) is 5.41 Å². The largest absolute Gasteiger partial charge is 0.469 e. The van der Waals surface area contributed by atoms with E-state index in [1.807, 2.05) is 0 Å². The van der Waals surface area contributed by atoms with Crippen LogP contribution in [0.15, 0.2) is 24.3 Å². The Kier molecular flexibility index (Phi) is 7.95. The molecular weight excluding hydrogens is 296 g/mol. The highest BCUT2D eigenvalue weighted by molar-refractivity contribution is 6.20. The van der Waals surface area contributed by atoms with Crippen molar-refractivity contribution >= 4 is 17.6 Å². The Bertz CT molecular complexity index is 445. The van der Waals surface area contributed by atoms with Crippen LogP contribution < -0.4 is 0 Å². The lowest BCUT2D eigenvalue weighted by atomic mass is 9.89. The molecule has 1 aromatic carbocycles. The van der Waals surface area contributed by atoms with Crippen LogP contribution in [0.3, 0.4) is 0 Å². The number of carbonyl (C=O) groups excluding carboxylic acids is 1. The molecule has 0 radical (unpaired) electrons. The molecule has 0 amide bonds. The Labute approximate surface area is 140 Å². The van der Waals surface area contributed by atoms with Gasteiger partial charge in [-0.25, -0.2) is 0 Å². The lowest BCUT2D eigenvalue weighted by molar-refractivity contribution is -0.140. The first-order valence-corrected chi connectivity index (χ1v) is 8.55. The fourth-order valence-electron chi connectivity index (χ4n) is 2.41. The van der Waals surface area contributed by atoms with E-state index >= 15 is 0 Å². The number of methoxy groups -OCH3 is 1. The van der Waals surface area contributed by atoms with Gasteiger partial charge in [-0.2, -0.15) is 0 Å². The van der Waals surface area contributed by atoms with Gasteiger partial charge >= 0.3 is 5.97 Å². The number of rotatable bonds is 8. The van der Waals surface area contributed by atoms with Gasteiger partial charge in [0.1, 0.15) is 0 Å². The molecule has 0 fully saturated rings. The molecule has 0 spiro atoms. The number of halogens is 1. The van der Waals surface area contributed by atoms with E-state index in [0.29, 0.717) is 11.8 Å². The zero-order chi connectivity index (χ0) is 16.6. The Morgan fingerprint density at radius 3 is 2.36 bits per heavy atom. The number of aryl methyl sites for hydroxylation is 1. The van der Waals surface area contributed by atoms with Crippen LogP contribution in [0.1, 0.15) is 69.4 Å². The molecule has 22 heavy (non-hydrogen) atoms. The molecule has 0 saturated carbocycles. The van der Waals surface area contributed by atoms with Crippen LogP contribution in [-0.4, -0.2) is 13.1 Å². The highest BCUT2D eigenvalue weighted by Crippen LogP contribution is 2.30. The summed E-state index contributed by atoms with van der Waals surface area (Å²) in [7, 11) is 1.43. The maximum atomic E-state index is 11.1. The fraction of sp³-hybridized carbons (Fsp3) is 0.632. The summed E-state index contributed by atoms with van der Waals surface area (Å²) in [6.07, 6.45) is 5.55. The van der Waals surface area contributed by atoms with E-state index in [-0.39, 0.29) is 11.3 Å². The molecule has 1 aromatic rings. The number of alkyl halides is 1. The maximum absolute atomic E-state index is 11.1. The molecule has 0 aliphatic rings. The van der Waals surface area contributed by atoms with Crippen molar-refractivity contribution in [3.8, 4) is 0 Å². The minimum absolute atomic E-state index is 0.0893. The van der Waals surface area contributed by atoms with Crippen LogP contribution in [0.2, 0.25) is 0 Å². The number of hydrogen-bond donors (Lipinski definition) is 0. The van der Waals surface area contributed by atoms with Gasteiger partial charge in [0, 0.05) is 6.42 Å². The number of carbonyl (C=O) groups is 1. The minimum Gasteiger partial charge on any atom is -0.469 e. The summed E-state index contributed by atoms with van der Waals surface area (Å²) >= 11 is 6.49. The van der Waals surface area contributed by atoms with E-state index in [4.69, 9.17) is 11.6 Å². The lowest BCUT2D eigenvalue weighted by Crippen LogP contribution is -2.05. The summed E-state index contributed by atoms with van der Waals surface area (Å²) in [6.45, 7) is 6.79. The molecule has 1 rings (SSSR count). The molecule has 124 valence electrons. The number of benzene rings is 1. The zero-order valence-corrected chi connectivity index (χ0v) is 15.1. The minimum atomic E-state index is -0.142. The first-order chi connectivity index (χ1) is 10.3. The average molecular weight is 325 g/mol. The molecule has 1 atom stereocenters. The third-order valence-corrected chi connectivity index (χ3v) is 4.27. The summed E-state index contributed by atoms with van der Waals surface area (Å²) in [4.78, 5) is 11.1. The molecule has 0 saturated heterocycles. The third-order valence-electron chi connectivity index (χ3n) is 3.80. The quantitative estimate of drug-likeness (QED) is 0.454. The third kappa shape index (κ3) is 7.84. The molecule has 0 bridgehead atoms. The second-order valence-electron chi connectivity index (χ2n) is 7.09. The predicted molar refractivity (Wildman–Crippen MR) is 93.3 cm³/mol. The molecule has 1 unspecified atom stereocenters. The average Bonchev–Trinajstić information content (AvgIpc) is 2.46. The van der Waals surface area contributed by atoms with Crippen molar-refractivity contribution in [2.24, 2.45) is 5.41 Å². The summed E-state index contributed by atoms with van der Waals surface area (Å²) in [5.74, 6) is -0.142. The van der Waals surface area contributed by atoms with Crippen LogP contribution in [0.5, 0.6) is 0 Å². The fourth-order valence-corrected chi connectivity index (χ4v) is 2.71. The molecular formula is C19H29ClO2. The van der Waals surface area contributed by atoms with Gasteiger partial charge < -0.3 is 4.74 Å². The first-order valence-electron chi connectivity index (χ1n) is 8.11. The highest BCUT2D eigenvalue weighted by atomic mass is 35.5. The van der Waals surface area contributed by atoms with E-state index in [1.165, 1.54) is 24.7 Å². The molecule has 3 heteroatoms. The van der Waals surface area contributed by atoms with Crippen molar-refractivity contribution in [2.45, 2.75) is 64.7 Å². The van der Waals surface area contributed by atoms with Gasteiger partial charge in [-0.1, -0.05) is 51.5 Å². The van der Waals surface area contributed by atoms with Crippen LogP contribution in [0.25, 0.3) is 0 Å². The van der Waals surface area contributed by atoms with Gasteiger partial charge in [-0.15, -0.1) is 11.6 Å². The van der Waals surface area contributed by atoms with E-state index in [9.17, 15) is 4.79 Å².